The molecule has 1 aliphatic heterocycles. The molecule has 4 heteroatoms. The summed E-state index contributed by atoms with van der Waals surface area (Å²) in [7, 11) is 0. The zero-order chi connectivity index (χ0) is 13.1. The minimum atomic E-state index is -2.64. The molecule has 2 nitrogen and oxygen atoms in total. The molecule has 0 aromatic heterocycles. The zero-order valence-corrected chi connectivity index (χ0v) is 10.5. The third-order valence-electron chi connectivity index (χ3n) is 3.83. The van der Waals surface area contributed by atoms with Crippen LogP contribution in [0, 0.1) is 5.92 Å². The maximum Gasteiger partial charge on any atom is 0.264 e. The van der Waals surface area contributed by atoms with Crippen LogP contribution in [0.3, 0.4) is 0 Å². The largest absolute Gasteiger partial charge is 0.387 e. The Balaban J connectivity index is 1.97. The first-order valence-corrected chi connectivity index (χ1v) is 6.35. The second kappa shape index (κ2) is 5.76. The van der Waals surface area contributed by atoms with Crippen molar-refractivity contribution >= 4 is 0 Å². The van der Waals surface area contributed by atoms with E-state index in [9.17, 15) is 13.9 Å². The van der Waals surface area contributed by atoms with Gasteiger partial charge in [0.05, 0.1) is 0 Å². The molecular formula is C14H19F2NO. The topological polar surface area (TPSA) is 23.5 Å². The van der Waals surface area contributed by atoms with Crippen LogP contribution in [0.1, 0.15) is 24.9 Å². The molecule has 0 amide bonds. The van der Waals surface area contributed by atoms with Gasteiger partial charge in [0, 0.05) is 18.5 Å². The van der Waals surface area contributed by atoms with E-state index in [2.05, 4.69) is 11.8 Å². The number of aliphatic hydroxyl groups excluding tert-OH is 1. The molecule has 1 aromatic rings. The van der Waals surface area contributed by atoms with Crippen molar-refractivity contribution in [3.8, 4) is 0 Å². The van der Waals surface area contributed by atoms with E-state index in [0.717, 1.165) is 6.54 Å². The summed E-state index contributed by atoms with van der Waals surface area (Å²) in [4.78, 5) is 2.16. The molecule has 2 unspecified atom stereocenters. The molecule has 0 radical (unpaired) electrons. The van der Waals surface area contributed by atoms with Gasteiger partial charge in [-0.3, -0.25) is 4.90 Å². The molecule has 1 aliphatic rings. The van der Waals surface area contributed by atoms with Crippen LogP contribution in [0.15, 0.2) is 30.3 Å². The number of halogens is 2. The lowest BCUT2D eigenvalue weighted by Gasteiger charge is -2.25. The molecule has 1 heterocycles. The fourth-order valence-corrected chi connectivity index (χ4v) is 2.59. The highest BCUT2D eigenvalue weighted by molar-refractivity contribution is 5.18. The summed E-state index contributed by atoms with van der Waals surface area (Å²) >= 11 is 0. The van der Waals surface area contributed by atoms with Crippen LogP contribution in [0.5, 0.6) is 0 Å². The van der Waals surface area contributed by atoms with Gasteiger partial charge in [-0.1, -0.05) is 30.3 Å². The first-order chi connectivity index (χ1) is 8.59. The number of hydrogen-bond donors (Lipinski definition) is 1. The van der Waals surface area contributed by atoms with Gasteiger partial charge in [-0.05, 0) is 25.5 Å². The molecule has 0 aliphatic carbocycles. The van der Waals surface area contributed by atoms with E-state index in [4.69, 9.17) is 0 Å². The van der Waals surface area contributed by atoms with Crippen LogP contribution in [0.25, 0.3) is 0 Å². The molecule has 0 saturated carbocycles. The average Bonchev–Trinajstić information content (AvgIpc) is 2.87. The monoisotopic (exact) mass is 255 g/mol. The van der Waals surface area contributed by atoms with Crippen LogP contribution in [-0.4, -0.2) is 35.6 Å². The van der Waals surface area contributed by atoms with Gasteiger partial charge >= 0.3 is 0 Å². The Hall–Kier alpha value is -1.00. The summed E-state index contributed by atoms with van der Waals surface area (Å²) < 4.78 is 24.9. The number of likely N-dealkylation sites (tertiary alicyclic amines) is 1. The van der Waals surface area contributed by atoms with Crippen molar-refractivity contribution in [2.24, 2.45) is 5.92 Å². The van der Waals surface area contributed by atoms with Gasteiger partial charge < -0.3 is 5.11 Å². The fourth-order valence-electron chi connectivity index (χ4n) is 2.59. The standard InChI is InChI=1S/C14H19F2NO/c1-10(11-5-3-2-4-6-11)17-8-7-12(9-17)13(18)14(15)16/h2-6,10,12-14,18H,7-9H2,1H3/t10-,12?,13?/m1/s1. The predicted octanol–water partition coefficient (Wildman–Crippen LogP) is 2.70. The van der Waals surface area contributed by atoms with E-state index in [-0.39, 0.29) is 12.0 Å². The second-order valence-corrected chi connectivity index (χ2v) is 4.96. The highest BCUT2D eigenvalue weighted by Gasteiger charge is 2.35. The Kier molecular flexibility index (Phi) is 4.30. The molecule has 1 aromatic carbocycles. The zero-order valence-electron chi connectivity index (χ0n) is 10.5. The van der Waals surface area contributed by atoms with Gasteiger partial charge in [-0.25, -0.2) is 8.78 Å². The molecule has 1 N–H and O–H groups in total. The van der Waals surface area contributed by atoms with E-state index in [1.807, 2.05) is 30.3 Å². The highest BCUT2D eigenvalue weighted by Crippen LogP contribution is 2.30. The smallest absolute Gasteiger partial charge is 0.264 e. The lowest BCUT2D eigenvalue weighted by Crippen LogP contribution is -2.31. The highest BCUT2D eigenvalue weighted by atomic mass is 19.3. The van der Waals surface area contributed by atoms with Gasteiger partial charge in [0.1, 0.15) is 6.10 Å². The summed E-state index contributed by atoms with van der Waals surface area (Å²) in [5, 5.41) is 9.42. The summed E-state index contributed by atoms with van der Waals surface area (Å²) in [5.41, 5.74) is 1.18. The normalized spacial score (nSPS) is 24.4. The van der Waals surface area contributed by atoms with E-state index in [0.29, 0.717) is 13.0 Å². The van der Waals surface area contributed by atoms with Gasteiger partial charge in [0.2, 0.25) is 0 Å². The van der Waals surface area contributed by atoms with Crippen molar-refractivity contribution in [3.63, 3.8) is 0 Å². The third kappa shape index (κ3) is 2.87. The maximum atomic E-state index is 12.5. The molecule has 1 fully saturated rings. The molecule has 2 rings (SSSR count). The Morgan fingerprint density at radius 3 is 2.56 bits per heavy atom. The molecule has 1 saturated heterocycles. The molecule has 100 valence electrons. The van der Waals surface area contributed by atoms with Gasteiger partial charge in [0.25, 0.3) is 6.43 Å². The van der Waals surface area contributed by atoms with E-state index in [1.165, 1.54) is 5.56 Å². The third-order valence-corrected chi connectivity index (χ3v) is 3.83. The van der Waals surface area contributed by atoms with Crippen LogP contribution in [0.4, 0.5) is 8.78 Å². The van der Waals surface area contributed by atoms with Crippen molar-refractivity contribution < 1.29 is 13.9 Å². The van der Waals surface area contributed by atoms with Crippen LogP contribution in [-0.2, 0) is 0 Å². The van der Waals surface area contributed by atoms with E-state index in [1.54, 1.807) is 0 Å². The molecule has 0 spiro atoms. The number of alkyl halides is 2. The Morgan fingerprint density at radius 2 is 1.94 bits per heavy atom. The van der Waals surface area contributed by atoms with Crippen molar-refractivity contribution in [1.82, 2.24) is 4.90 Å². The van der Waals surface area contributed by atoms with E-state index < -0.39 is 12.5 Å². The number of aliphatic hydroxyl groups is 1. The lowest BCUT2D eigenvalue weighted by molar-refractivity contribution is -0.0367. The Bertz CT molecular complexity index is 371. The second-order valence-electron chi connectivity index (χ2n) is 4.96. The van der Waals surface area contributed by atoms with Gasteiger partial charge in [-0.15, -0.1) is 0 Å². The lowest BCUT2D eigenvalue weighted by atomic mass is 10.0. The van der Waals surface area contributed by atoms with Crippen LogP contribution >= 0.6 is 0 Å². The number of nitrogens with zero attached hydrogens (tertiary/aromatic N) is 1. The first-order valence-electron chi connectivity index (χ1n) is 6.35. The summed E-state index contributed by atoms with van der Waals surface area (Å²) in [6, 6.07) is 10.2. The summed E-state index contributed by atoms with van der Waals surface area (Å²) in [6.45, 7) is 3.39. The fraction of sp³-hybridized carbons (Fsp3) is 0.571. The SMILES string of the molecule is C[C@H](c1ccccc1)N1CCC(C(O)C(F)F)C1. The summed E-state index contributed by atoms with van der Waals surface area (Å²) in [6.07, 6.45) is -3.48. The Labute approximate surface area is 106 Å². The number of rotatable bonds is 4. The minimum Gasteiger partial charge on any atom is -0.387 e. The molecule has 3 atom stereocenters. The molecule has 18 heavy (non-hydrogen) atoms. The van der Waals surface area contributed by atoms with Crippen molar-refractivity contribution in [3.05, 3.63) is 35.9 Å². The number of benzene rings is 1. The average molecular weight is 255 g/mol. The summed E-state index contributed by atoms with van der Waals surface area (Å²) in [5.74, 6) is -0.309. The van der Waals surface area contributed by atoms with Crippen molar-refractivity contribution in [2.75, 3.05) is 13.1 Å². The van der Waals surface area contributed by atoms with Gasteiger partial charge in [0.15, 0.2) is 0 Å². The van der Waals surface area contributed by atoms with Crippen LogP contribution < -0.4 is 0 Å². The predicted molar refractivity (Wildman–Crippen MR) is 66.5 cm³/mol. The maximum absolute atomic E-state index is 12.5. The quantitative estimate of drug-likeness (QED) is 0.894. The van der Waals surface area contributed by atoms with Crippen molar-refractivity contribution in [1.29, 1.82) is 0 Å². The Morgan fingerprint density at radius 1 is 1.28 bits per heavy atom. The van der Waals surface area contributed by atoms with Crippen molar-refractivity contribution in [2.45, 2.75) is 31.9 Å². The number of hydrogen-bond acceptors (Lipinski definition) is 2. The van der Waals surface area contributed by atoms with E-state index >= 15 is 0 Å². The minimum absolute atomic E-state index is 0.209. The first kappa shape index (κ1) is 13.4. The molecule has 0 bridgehead atoms. The van der Waals surface area contributed by atoms with Crippen LogP contribution in [0.2, 0.25) is 0 Å². The van der Waals surface area contributed by atoms with Gasteiger partial charge in [-0.2, -0.15) is 0 Å². The molecular weight excluding hydrogens is 236 g/mol.